The summed E-state index contributed by atoms with van der Waals surface area (Å²) in [7, 11) is -4.14. The van der Waals surface area contributed by atoms with Crippen LogP contribution in [0.4, 0.5) is 0 Å². The highest BCUT2D eigenvalue weighted by molar-refractivity contribution is 7.85. The average molecular weight is 200 g/mol. The van der Waals surface area contributed by atoms with Crippen LogP contribution in [0, 0.1) is 0 Å². The van der Waals surface area contributed by atoms with Gasteiger partial charge in [0.05, 0.1) is 6.61 Å². The molecule has 1 aliphatic heterocycles. The molecule has 0 fully saturated rings. The van der Waals surface area contributed by atoms with E-state index in [0.29, 0.717) is 5.56 Å². The van der Waals surface area contributed by atoms with Crippen LogP contribution in [-0.4, -0.2) is 13.0 Å². The monoisotopic (exact) mass is 200 g/mol. The van der Waals surface area contributed by atoms with E-state index >= 15 is 0 Å². The molecule has 1 atom stereocenters. The fourth-order valence-electron chi connectivity index (χ4n) is 1.40. The molecule has 5 heteroatoms. The summed E-state index contributed by atoms with van der Waals surface area (Å²) in [5, 5.41) is 0. The van der Waals surface area contributed by atoms with Crippen LogP contribution in [0.1, 0.15) is 16.6 Å². The van der Waals surface area contributed by atoms with Crippen molar-refractivity contribution in [2.45, 2.75) is 12.0 Å². The highest BCUT2D eigenvalue weighted by Gasteiger charge is 2.32. The van der Waals surface area contributed by atoms with Crippen molar-refractivity contribution in [3.05, 3.63) is 35.4 Å². The number of hydrogen-bond acceptors (Lipinski definition) is 3. The normalized spacial score (nSPS) is 21.5. The number of rotatable bonds is 1. The summed E-state index contributed by atoms with van der Waals surface area (Å²) in [4.78, 5) is 0. The molecule has 0 aromatic heterocycles. The van der Waals surface area contributed by atoms with E-state index in [1.807, 2.05) is 0 Å². The van der Waals surface area contributed by atoms with Crippen molar-refractivity contribution in [1.29, 1.82) is 0 Å². The predicted octanol–water partition coefficient (Wildman–Crippen LogP) is 1.10. The van der Waals surface area contributed by atoms with E-state index in [1.165, 1.54) is 0 Å². The maximum absolute atomic E-state index is 10.8. The minimum Gasteiger partial charge on any atom is -0.351 e. The molecule has 2 rings (SSSR count). The molecule has 0 bridgehead atoms. The molecule has 0 aliphatic carbocycles. The summed E-state index contributed by atoms with van der Waals surface area (Å²) in [5.41, 5.74) is 0.138. The Kier molecular flexibility index (Phi) is 1.87. The van der Waals surface area contributed by atoms with Crippen LogP contribution in [0.3, 0.4) is 0 Å². The van der Waals surface area contributed by atoms with Gasteiger partial charge in [-0.25, -0.2) is 0 Å². The van der Waals surface area contributed by atoms with Crippen molar-refractivity contribution in [2.24, 2.45) is 0 Å². The van der Waals surface area contributed by atoms with E-state index in [0.717, 1.165) is 5.56 Å². The van der Waals surface area contributed by atoms with Crippen LogP contribution in [0.5, 0.6) is 0 Å². The standard InChI is InChI=1S/C8H8O4S/c9-13(10,11)8-7-4-2-1-3-6(7)5-12-8/h1-4,8H,5H2,(H,9,10,11). The van der Waals surface area contributed by atoms with Gasteiger partial charge >= 0.3 is 0 Å². The molecule has 1 heterocycles. The average Bonchev–Trinajstić information content (AvgIpc) is 2.45. The van der Waals surface area contributed by atoms with E-state index in [-0.39, 0.29) is 6.61 Å². The summed E-state index contributed by atoms with van der Waals surface area (Å²) in [6.45, 7) is 0.237. The van der Waals surface area contributed by atoms with Gasteiger partial charge in [0.1, 0.15) is 0 Å². The quantitative estimate of drug-likeness (QED) is 0.689. The molecule has 1 aliphatic rings. The number of hydrogen-bond donors (Lipinski definition) is 1. The topological polar surface area (TPSA) is 63.6 Å². The lowest BCUT2D eigenvalue weighted by molar-refractivity contribution is 0.112. The van der Waals surface area contributed by atoms with Crippen molar-refractivity contribution in [3.63, 3.8) is 0 Å². The van der Waals surface area contributed by atoms with Crippen molar-refractivity contribution in [1.82, 2.24) is 0 Å². The summed E-state index contributed by atoms with van der Waals surface area (Å²) in [6, 6.07) is 6.93. The molecule has 0 spiro atoms. The lowest BCUT2D eigenvalue weighted by Gasteiger charge is -2.05. The molecule has 0 amide bonds. The Balaban J connectivity index is 2.51. The van der Waals surface area contributed by atoms with Gasteiger partial charge < -0.3 is 4.74 Å². The summed E-state index contributed by atoms with van der Waals surface area (Å²) in [5.74, 6) is 0. The maximum atomic E-state index is 10.8. The summed E-state index contributed by atoms with van der Waals surface area (Å²) >= 11 is 0. The van der Waals surface area contributed by atoms with Gasteiger partial charge in [-0.3, -0.25) is 4.55 Å². The Labute approximate surface area is 75.9 Å². The van der Waals surface area contributed by atoms with Crippen molar-refractivity contribution in [2.75, 3.05) is 0 Å². The Morgan fingerprint density at radius 3 is 2.77 bits per heavy atom. The minimum absolute atomic E-state index is 0.237. The van der Waals surface area contributed by atoms with Gasteiger partial charge in [0, 0.05) is 5.56 Å². The van der Waals surface area contributed by atoms with Crippen LogP contribution >= 0.6 is 0 Å². The van der Waals surface area contributed by atoms with Gasteiger partial charge in [-0.1, -0.05) is 24.3 Å². The second-order valence-electron chi connectivity index (χ2n) is 2.86. The second-order valence-corrected chi connectivity index (χ2v) is 4.31. The summed E-state index contributed by atoms with van der Waals surface area (Å²) < 4.78 is 35.4. The van der Waals surface area contributed by atoms with Crippen molar-refractivity contribution >= 4 is 10.1 Å². The van der Waals surface area contributed by atoms with E-state index in [9.17, 15) is 8.42 Å². The molecular weight excluding hydrogens is 192 g/mol. The van der Waals surface area contributed by atoms with E-state index in [4.69, 9.17) is 9.29 Å². The van der Waals surface area contributed by atoms with Gasteiger partial charge in [-0.15, -0.1) is 0 Å². The number of benzene rings is 1. The van der Waals surface area contributed by atoms with Crippen LogP contribution in [0.2, 0.25) is 0 Å². The zero-order valence-electron chi connectivity index (χ0n) is 6.67. The molecule has 70 valence electrons. The third-order valence-electron chi connectivity index (χ3n) is 1.97. The molecule has 0 saturated carbocycles. The molecule has 0 saturated heterocycles. The van der Waals surface area contributed by atoms with Gasteiger partial charge in [-0.05, 0) is 5.56 Å². The van der Waals surface area contributed by atoms with Crippen LogP contribution in [0.25, 0.3) is 0 Å². The van der Waals surface area contributed by atoms with Crippen LogP contribution < -0.4 is 0 Å². The fraction of sp³-hybridized carbons (Fsp3) is 0.250. The van der Waals surface area contributed by atoms with E-state index in [1.54, 1.807) is 24.3 Å². The molecular formula is C8H8O4S. The van der Waals surface area contributed by atoms with Gasteiger partial charge in [0.15, 0.2) is 0 Å². The third kappa shape index (κ3) is 1.46. The molecule has 1 unspecified atom stereocenters. The number of fused-ring (bicyclic) bond motifs is 1. The highest BCUT2D eigenvalue weighted by atomic mass is 32.2. The second kappa shape index (κ2) is 2.80. The molecule has 13 heavy (non-hydrogen) atoms. The molecule has 4 nitrogen and oxygen atoms in total. The van der Waals surface area contributed by atoms with Crippen LogP contribution in [-0.2, 0) is 21.5 Å². The molecule has 0 radical (unpaired) electrons. The molecule has 1 N–H and O–H groups in total. The Bertz CT molecular complexity index is 424. The largest absolute Gasteiger partial charge is 0.351 e. The highest BCUT2D eigenvalue weighted by Crippen LogP contribution is 2.33. The van der Waals surface area contributed by atoms with Crippen LogP contribution in [0.15, 0.2) is 24.3 Å². The zero-order valence-corrected chi connectivity index (χ0v) is 7.49. The first-order valence-electron chi connectivity index (χ1n) is 3.75. The van der Waals surface area contributed by atoms with E-state index < -0.39 is 15.6 Å². The van der Waals surface area contributed by atoms with Gasteiger partial charge in [0.25, 0.3) is 10.1 Å². The first kappa shape index (κ1) is 8.68. The Morgan fingerprint density at radius 2 is 2.08 bits per heavy atom. The lowest BCUT2D eigenvalue weighted by Crippen LogP contribution is -2.10. The predicted molar refractivity (Wildman–Crippen MR) is 45.5 cm³/mol. The SMILES string of the molecule is O=S(=O)(O)C1OCc2ccccc21. The smallest absolute Gasteiger partial charge is 0.296 e. The van der Waals surface area contributed by atoms with Gasteiger partial charge in [-0.2, -0.15) is 8.42 Å². The third-order valence-corrected chi connectivity index (χ3v) is 2.90. The Hall–Kier alpha value is -0.910. The van der Waals surface area contributed by atoms with Crippen molar-refractivity contribution in [3.8, 4) is 0 Å². The first-order chi connectivity index (χ1) is 6.09. The van der Waals surface area contributed by atoms with Crippen molar-refractivity contribution < 1.29 is 17.7 Å². The fourth-order valence-corrected chi connectivity index (χ4v) is 2.19. The minimum atomic E-state index is -4.14. The van der Waals surface area contributed by atoms with Gasteiger partial charge in [0.2, 0.25) is 5.44 Å². The van der Waals surface area contributed by atoms with E-state index in [2.05, 4.69) is 0 Å². The summed E-state index contributed by atoms with van der Waals surface area (Å²) in [6.07, 6.45) is 0. The Morgan fingerprint density at radius 1 is 1.38 bits per heavy atom. The molecule has 1 aromatic carbocycles. The first-order valence-corrected chi connectivity index (χ1v) is 5.25. The zero-order chi connectivity index (χ0) is 9.47. The maximum Gasteiger partial charge on any atom is 0.296 e. The number of ether oxygens (including phenoxy) is 1. The lowest BCUT2D eigenvalue weighted by atomic mass is 10.1. The molecule has 1 aromatic rings.